The molecule has 0 saturated carbocycles. The van der Waals surface area contributed by atoms with E-state index in [9.17, 15) is 5.26 Å². The molecule has 0 unspecified atom stereocenters. The van der Waals surface area contributed by atoms with Gasteiger partial charge in [-0.1, -0.05) is 53.4 Å². The van der Waals surface area contributed by atoms with Gasteiger partial charge in [-0.2, -0.15) is 5.26 Å². The van der Waals surface area contributed by atoms with E-state index >= 15 is 0 Å². The first-order valence-corrected chi connectivity index (χ1v) is 9.72. The number of benzene rings is 1. The summed E-state index contributed by atoms with van der Waals surface area (Å²) >= 11 is 4.56. The van der Waals surface area contributed by atoms with E-state index < -0.39 is 0 Å². The largest absolute Gasteiger partial charge is 0.335 e. The van der Waals surface area contributed by atoms with E-state index in [1.807, 2.05) is 30.5 Å². The Bertz CT molecular complexity index is 877. The lowest BCUT2D eigenvalue weighted by Gasteiger charge is -1.97. The molecule has 0 aliphatic rings. The average Bonchev–Trinajstić information content (AvgIpc) is 3.24. The molecule has 0 fully saturated rings. The van der Waals surface area contributed by atoms with E-state index in [0.29, 0.717) is 15.7 Å². The van der Waals surface area contributed by atoms with Crippen LogP contribution in [0.25, 0.3) is 5.57 Å². The number of allylic oxidation sites excluding steroid dienone is 1. The maximum absolute atomic E-state index is 9.25. The Hall–Kier alpha value is -2.21. The summed E-state index contributed by atoms with van der Waals surface area (Å²) in [6, 6.07) is 12.4. The number of nitrogens with zero attached hydrogens (tertiary/aromatic N) is 4. The van der Waals surface area contributed by atoms with Gasteiger partial charge in [0.1, 0.15) is 16.6 Å². The summed E-state index contributed by atoms with van der Waals surface area (Å²) in [6.07, 6.45) is 1.63. The fourth-order valence-electron chi connectivity index (χ4n) is 1.80. The molecule has 0 aliphatic carbocycles. The van der Waals surface area contributed by atoms with Crippen molar-refractivity contribution in [3.05, 3.63) is 58.2 Å². The Morgan fingerprint density at radius 3 is 2.88 bits per heavy atom. The van der Waals surface area contributed by atoms with Crippen LogP contribution in [0.15, 0.2) is 46.3 Å². The van der Waals surface area contributed by atoms with Gasteiger partial charge < -0.3 is 5.32 Å². The molecule has 3 aromatic rings. The first-order valence-electron chi connectivity index (χ1n) is 7.04. The van der Waals surface area contributed by atoms with Crippen molar-refractivity contribution in [2.24, 2.45) is 0 Å². The zero-order valence-electron chi connectivity index (χ0n) is 12.8. The Morgan fingerprint density at radius 1 is 1.33 bits per heavy atom. The number of thioether (sulfide) groups is 1. The van der Waals surface area contributed by atoms with Gasteiger partial charge >= 0.3 is 0 Å². The predicted octanol–water partition coefficient (Wildman–Crippen LogP) is 4.57. The summed E-state index contributed by atoms with van der Waals surface area (Å²) in [5, 5.41) is 23.8. The van der Waals surface area contributed by atoms with Gasteiger partial charge in [0, 0.05) is 23.0 Å². The SMILES string of the molecule is Cc1csc(/C(C#N)=C/Nc2nnc(SCc3ccccc3)s2)n1. The smallest absolute Gasteiger partial charge is 0.210 e. The average molecular weight is 372 g/mol. The van der Waals surface area contributed by atoms with Gasteiger partial charge in [0.2, 0.25) is 5.13 Å². The van der Waals surface area contributed by atoms with Crippen molar-refractivity contribution in [1.82, 2.24) is 15.2 Å². The van der Waals surface area contributed by atoms with Crippen molar-refractivity contribution in [3.8, 4) is 6.07 Å². The van der Waals surface area contributed by atoms with E-state index in [1.165, 1.54) is 28.2 Å². The Kier molecular flexibility index (Phi) is 5.59. The number of nitriles is 1. The molecule has 0 radical (unpaired) electrons. The Balaban J connectivity index is 1.61. The van der Waals surface area contributed by atoms with E-state index in [-0.39, 0.29) is 0 Å². The fraction of sp³-hybridized carbons (Fsp3) is 0.125. The number of aromatic nitrogens is 3. The van der Waals surface area contributed by atoms with Crippen LogP contribution in [-0.4, -0.2) is 15.2 Å². The molecule has 120 valence electrons. The molecule has 2 aromatic heterocycles. The standard InChI is InChI=1S/C16H13N5S3/c1-11-9-22-14(19-11)13(7-17)8-18-15-20-21-16(24-15)23-10-12-5-3-2-4-6-12/h2-6,8-9H,10H2,1H3,(H,18,20)/b13-8+. The molecule has 2 heterocycles. The molecule has 3 rings (SSSR count). The Morgan fingerprint density at radius 2 is 2.17 bits per heavy atom. The lowest BCUT2D eigenvalue weighted by molar-refractivity contribution is 1.01. The van der Waals surface area contributed by atoms with Crippen LogP contribution in [0, 0.1) is 18.3 Å². The maximum atomic E-state index is 9.25. The number of hydrogen-bond donors (Lipinski definition) is 1. The second-order valence-electron chi connectivity index (χ2n) is 4.76. The quantitative estimate of drug-likeness (QED) is 0.505. The summed E-state index contributed by atoms with van der Waals surface area (Å²) in [5.41, 5.74) is 2.64. The monoisotopic (exact) mass is 371 g/mol. The number of anilines is 1. The predicted molar refractivity (Wildman–Crippen MR) is 100.0 cm³/mol. The molecule has 1 aromatic carbocycles. The first-order chi connectivity index (χ1) is 11.7. The van der Waals surface area contributed by atoms with Crippen molar-refractivity contribution < 1.29 is 0 Å². The van der Waals surface area contributed by atoms with Crippen molar-refractivity contribution >= 4 is 45.1 Å². The van der Waals surface area contributed by atoms with Crippen LogP contribution in [-0.2, 0) is 5.75 Å². The third kappa shape index (κ3) is 4.41. The number of aryl methyl sites for hydroxylation is 1. The zero-order chi connectivity index (χ0) is 16.8. The van der Waals surface area contributed by atoms with Crippen LogP contribution in [0.2, 0.25) is 0 Å². The van der Waals surface area contributed by atoms with Gasteiger partial charge in [0.25, 0.3) is 0 Å². The topological polar surface area (TPSA) is 74.5 Å². The van der Waals surface area contributed by atoms with Gasteiger partial charge in [0.05, 0.1) is 0 Å². The number of nitrogens with one attached hydrogen (secondary N) is 1. The van der Waals surface area contributed by atoms with E-state index in [4.69, 9.17) is 0 Å². The molecule has 0 aliphatic heterocycles. The summed E-state index contributed by atoms with van der Waals surface area (Å²) < 4.78 is 0.887. The molecule has 1 N–H and O–H groups in total. The van der Waals surface area contributed by atoms with Crippen LogP contribution in [0.3, 0.4) is 0 Å². The minimum Gasteiger partial charge on any atom is -0.335 e. The highest BCUT2D eigenvalue weighted by atomic mass is 32.2. The molecule has 8 heteroatoms. The van der Waals surface area contributed by atoms with Gasteiger partial charge in [-0.3, -0.25) is 0 Å². The third-order valence-corrected chi connectivity index (χ3v) is 5.97. The van der Waals surface area contributed by atoms with Crippen molar-refractivity contribution in [2.75, 3.05) is 5.32 Å². The van der Waals surface area contributed by atoms with Crippen LogP contribution in [0.1, 0.15) is 16.3 Å². The summed E-state index contributed by atoms with van der Waals surface area (Å²) in [7, 11) is 0. The van der Waals surface area contributed by atoms with Crippen LogP contribution < -0.4 is 5.32 Å². The highest BCUT2D eigenvalue weighted by molar-refractivity contribution is 8.00. The molecule has 0 saturated heterocycles. The number of hydrogen-bond acceptors (Lipinski definition) is 8. The highest BCUT2D eigenvalue weighted by Crippen LogP contribution is 2.28. The summed E-state index contributed by atoms with van der Waals surface area (Å²) in [5.74, 6) is 0.854. The summed E-state index contributed by atoms with van der Waals surface area (Å²) in [6.45, 7) is 1.91. The lowest BCUT2D eigenvalue weighted by atomic mass is 10.2. The molecule has 0 atom stereocenters. The van der Waals surface area contributed by atoms with Crippen LogP contribution >= 0.6 is 34.4 Å². The van der Waals surface area contributed by atoms with Gasteiger partial charge in [0.15, 0.2) is 4.34 Å². The van der Waals surface area contributed by atoms with E-state index in [1.54, 1.807) is 18.0 Å². The van der Waals surface area contributed by atoms with Gasteiger partial charge in [-0.15, -0.1) is 21.5 Å². The van der Waals surface area contributed by atoms with Crippen LogP contribution in [0.5, 0.6) is 0 Å². The van der Waals surface area contributed by atoms with Crippen molar-refractivity contribution in [2.45, 2.75) is 17.0 Å². The van der Waals surface area contributed by atoms with Crippen molar-refractivity contribution in [1.29, 1.82) is 5.26 Å². The molecule has 0 amide bonds. The minimum atomic E-state index is 0.488. The zero-order valence-corrected chi connectivity index (χ0v) is 15.2. The van der Waals surface area contributed by atoms with Crippen LogP contribution in [0.4, 0.5) is 5.13 Å². The molecule has 24 heavy (non-hydrogen) atoms. The second-order valence-corrected chi connectivity index (χ2v) is 7.81. The minimum absolute atomic E-state index is 0.488. The number of rotatable bonds is 6. The molecule has 0 spiro atoms. The highest BCUT2D eigenvalue weighted by Gasteiger charge is 2.07. The van der Waals surface area contributed by atoms with E-state index in [2.05, 4.69) is 38.7 Å². The van der Waals surface area contributed by atoms with Crippen molar-refractivity contribution in [3.63, 3.8) is 0 Å². The fourth-order valence-corrected chi connectivity index (χ4v) is 4.24. The van der Waals surface area contributed by atoms with E-state index in [0.717, 1.165) is 15.8 Å². The maximum Gasteiger partial charge on any atom is 0.210 e. The third-order valence-electron chi connectivity index (χ3n) is 2.92. The lowest BCUT2D eigenvalue weighted by Crippen LogP contribution is -1.90. The Labute approximate surface area is 152 Å². The molecule has 5 nitrogen and oxygen atoms in total. The normalized spacial score (nSPS) is 11.2. The molecule has 0 bridgehead atoms. The van der Waals surface area contributed by atoms with Gasteiger partial charge in [-0.05, 0) is 12.5 Å². The molecular weight excluding hydrogens is 358 g/mol. The second kappa shape index (κ2) is 8.06. The number of thiazole rings is 1. The first kappa shape index (κ1) is 16.6. The molecular formula is C16H13N5S3. The summed E-state index contributed by atoms with van der Waals surface area (Å²) in [4.78, 5) is 4.31. The van der Waals surface area contributed by atoms with Gasteiger partial charge in [-0.25, -0.2) is 4.98 Å².